The zero-order chi connectivity index (χ0) is 17.2. The predicted octanol–water partition coefficient (Wildman–Crippen LogP) is 2.87. The number of ether oxygens (including phenoxy) is 2. The summed E-state index contributed by atoms with van der Waals surface area (Å²) in [6.45, 7) is 1.23. The van der Waals surface area contributed by atoms with E-state index in [2.05, 4.69) is 20.5 Å². The molecule has 1 aromatic carbocycles. The van der Waals surface area contributed by atoms with Crippen molar-refractivity contribution >= 4 is 22.4 Å². The first-order chi connectivity index (χ1) is 12.2. The van der Waals surface area contributed by atoms with Crippen LogP contribution in [0.4, 0.5) is 5.13 Å². The van der Waals surface area contributed by atoms with Gasteiger partial charge in [0.2, 0.25) is 0 Å². The van der Waals surface area contributed by atoms with Crippen molar-refractivity contribution in [3.63, 3.8) is 0 Å². The zero-order valence-electron chi connectivity index (χ0n) is 13.5. The number of H-pyrrole nitrogens is 1. The minimum Gasteiger partial charge on any atom is -0.496 e. The van der Waals surface area contributed by atoms with Gasteiger partial charge in [0.15, 0.2) is 5.13 Å². The van der Waals surface area contributed by atoms with Crippen LogP contribution >= 0.6 is 11.3 Å². The van der Waals surface area contributed by atoms with Crippen LogP contribution < -0.4 is 10.1 Å². The minimum atomic E-state index is -0.277. The van der Waals surface area contributed by atoms with E-state index in [-0.39, 0.29) is 5.91 Å². The third-order valence-corrected chi connectivity index (χ3v) is 4.91. The van der Waals surface area contributed by atoms with Crippen molar-refractivity contribution in [3.05, 3.63) is 46.6 Å². The molecule has 1 aliphatic heterocycles. The molecule has 3 aromatic rings. The van der Waals surface area contributed by atoms with E-state index in [0.29, 0.717) is 35.5 Å². The second kappa shape index (κ2) is 6.66. The first-order valence-corrected chi connectivity index (χ1v) is 8.62. The van der Waals surface area contributed by atoms with Gasteiger partial charge in [-0.1, -0.05) is 23.5 Å². The van der Waals surface area contributed by atoms with Gasteiger partial charge in [0.05, 0.1) is 36.6 Å². The van der Waals surface area contributed by atoms with E-state index in [1.807, 2.05) is 24.3 Å². The number of aromatic nitrogens is 3. The summed E-state index contributed by atoms with van der Waals surface area (Å²) in [6, 6.07) is 9.23. The highest BCUT2D eigenvalue weighted by atomic mass is 32.1. The third kappa shape index (κ3) is 3.13. The summed E-state index contributed by atoms with van der Waals surface area (Å²) < 4.78 is 10.7. The monoisotopic (exact) mass is 356 g/mol. The molecule has 0 radical (unpaired) electrons. The summed E-state index contributed by atoms with van der Waals surface area (Å²) >= 11 is 1.45. The summed E-state index contributed by atoms with van der Waals surface area (Å²) in [6.07, 6.45) is 0.781. The lowest BCUT2D eigenvalue weighted by atomic mass is 10.1. The lowest BCUT2D eigenvalue weighted by Crippen LogP contribution is -2.12. The van der Waals surface area contributed by atoms with Gasteiger partial charge in [-0.3, -0.25) is 15.2 Å². The van der Waals surface area contributed by atoms with E-state index in [1.165, 1.54) is 11.3 Å². The van der Waals surface area contributed by atoms with Crippen molar-refractivity contribution in [1.29, 1.82) is 0 Å². The lowest BCUT2D eigenvalue weighted by molar-refractivity contribution is 0.102. The normalized spacial score (nSPS) is 13.3. The predicted molar refractivity (Wildman–Crippen MR) is 94.0 cm³/mol. The molecule has 25 heavy (non-hydrogen) atoms. The Balaban J connectivity index is 1.53. The molecule has 0 fully saturated rings. The SMILES string of the molecule is COc1ccccc1-c1cc(C(=O)Nc2nc3c(s2)COCC3)[nH]n1. The van der Waals surface area contributed by atoms with Crippen LogP contribution in [0.5, 0.6) is 5.75 Å². The van der Waals surface area contributed by atoms with E-state index in [9.17, 15) is 4.79 Å². The number of carbonyl (C=O) groups excluding carboxylic acids is 1. The molecular formula is C17H16N4O3S. The molecule has 0 saturated carbocycles. The average Bonchev–Trinajstić information content (AvgIpc) is 3.28. The van der Waals surface area contributed by atoms with Crippen molar-refractivity contribution < 1.29 is 14.3 Å². The van der Waals surface area contributed by atoms with Crippen molar-refractivity contribution in [1.82, 2.24) is 15.2 Å². The number of hydrogen-bond acceptors (Lipinski definition) is 6. The van der Waals surface area contributed by atoms with Crippen molar-refractivity contribution in [2.45, 2.75) is 13.0 Å². The first-order valence-electron chi connectivity index (χ1n) is 7.81. The molecular weight excluding hydrogens is 340 g/mol. The maximum atomic E-state index is 12.4. The number of fused-ring (bicyclic) bond motifs is 1. The van der Waals surface area contributed by atoms with Crippen LogP contribution in [0.2, 0.25) is 0 Å². The van der Waals surface area contributed by atoms with E-state index in [1.54, 1.807) is 13.2 Å². The van der Waals surface area contributed by atoms with E-state index in [0.717, 1.165) is 22.6 Å². The number of methoxy groups -OCH3 is 1. The van der Waals surface area contributed by atoms with Gasteiger partial charge in [0.1, 0.15) is 11.4 Å². The van der Waals surface area contributed by atoms with Gasteiger partial charge >= 0.3 is 0 Å². The van der Waals surface area contributed by atoms with Gasteiger partial charge in [-0.15, -0.1) is 0 Å². The number of hydrogen-bond donors (Lipinski definition) is 2. The smallest absolute Gasteiger partial charge is 0.275 e. The molecule has 0 unspecified atom stereocenters. The maximum Gasteiger partial charge on any atom is 0.275 e. The quantitative estimate of drug-likeness (QED) is 0.750. The molecule has 0 aliphatic carbocycles. The van der Waals surface area contributed by atoms with Crippen molar-refractivity contribution in [2.24, 2.45) is 0 Å². The third-order valence-electron chi connectivity index (χ3n) is 3.92. The standard InChI is InChI=1S/C17H16N4O3S/c1-23-14-5-3-2-4-10(14)12-8-13(21-20-12)16(22)19-17-18-11-6-7-24-9-15(11)25-17/h2-5,8H,6-7,9H2,1H3,(H,20,21)(H,18,19,22). The Morgan fingerprint density at radius 3 is 3.12 bits per heavy atom. The topological polar surface area (TPSA) is 89.1 Å². The summed E-state index contributed by atoms with van der Waals surface area (Å²) in [4.78, 5) is 18.0. The maximum absolute atomic E-state index is 12.4. The van der Waals surface area contributed by atoms with Crippen molar-refractivity contribution in [3.8, 4) is 17.0 Å². The molecule has 1 aliphatic rings. The fourth-order valence-electron chi connectivity index (χ4n) is 2.68. The Morgan fingerprint density at radius 1 is 1.40 bits per heavy atom. The molecule has 0 atom stereocenters. The molecule has 1 amide bonds. The number of anilines is 1. The second-order valence-corrected chi connectivity index (χ2v) is 6.60. The first kappa shape index (κ1) is 15.8. The number of amides is 1. The molecule has 7 nitrogen and oxygen atoms in total. The fraction of sp³-hybridized carbons (Fsp3) is 0.235. The molecule has 128 valence electrons. The number of carbonyl (C=O) groups is 1. The van der Waals surface area contributed by atoms with Crippen LogP contribution in [0.25, 0.3) is 11.3 Å². The number of benzene rings is 1. The Labute approximate surface area is 148 Å². The molecule has 0 bridgehead atoms. The van der Waals surface area contributed by atoms with Gasteiger partial charge in [-0.05, 0) is 18.2 Å². The van der Waals surface area contributed by atoms with Crippen LogP contribution in [0.1, 0.15) is 21.1 Å². The number of nitrogens with zero attached hydrogens (tertiary/aromatic N) is 2. The highest BCUT2D eigenvalue weighted by molar-refractivity contribution is 7.15. The number of rotatable bonds is 4. The minimum absolute atomic E-state index is 0.277. The Hall–Kier alpha value is -2.71. The van der Waals surface area contributed by atoms with Gasteiger partial charge in [0.25, 0.3) is 5.91 Å². The molecule has 2 N–H and O–H groups in total. The summed E-state index contributed by atoms with van der Waals surface area (Å²) in [5.74, 6) is 0.425. The van der Waals surface area contributed by atoms with Gasteiger partial charge in [-0.2, -0.15) is 5.10 Å². The van der Waals surface area contributed by atoms with Gasteiger partial charge in [-0.25, -0.2) is 4.98 Å². The molecule has 0 spiro atoms. The fourth-order valence-corrected chi connectivity index (χ4v) is 3.62. The summed E-state index contributed by atoms with van der Waals surface area (Å²) in [7, 11) is 1.60. The van der Waals surface area contributed by atoms with E-state index < -0.39 is 0 Å². The Morgan fingerprint density at radius 2 is 2.28 bits per heavy atom. The molecule has 3 heterocycles. The Bertz CT molecular complexity index is 895. The van der Waals surface area contributed by atoms with Crippen LogP contribution in [0.15, 0.2) is 30.3 Å². The summed E-state index contributed by atoms with van der Waals surface area (Å²) in [5, 5.41) is 10.4. The van der Waals surface area contributed by atoms with Crippen LogP contribution in [-0.4, -0.2) is 34.8 Å². The van der Waals surface area contributed by atoms with Crippen LogP contribution in [0.3, 0.4) is 0 Å². The number of para-hydroxylation sites is 1. The van der Waals surface area contributed by atoms with Gasteiger partial charge in [0, 0.05) is 12.0 Å². The average molecular weight is 356 g/mol. The molecule has 0 saturated heterocycles. The highest BCUT2D eigenvalue weighted by Crippen LogP contribution is 2.29. The number of aromatic amines is 1. The zero-order valence-corrected chi connectivity index (χ0v) is 14.4. The van der Waals surface area contributed by atoms with Gasteiger partial charge < -0.3 is 9.47 Å². The van der Waals surface area contributed by atoms with Crippen LogP contribution in [0, 0.1) is 0 Å². The molecule has 4 rings (SSSR count). The largest absolute Gasteiger partial charge is 0.496 e. The number of nitrogens with one attached hydrogen (secondary N) is 2. The second-order valence-electron chi connectivity index (χ2n) is 5.51. The highest BCUT2D eigenvalue weighted by Gasteiger charge is 2.19. The van der Waals surface area contributed by atoms with Crippen LogP contribution in [-0.2, 0) is 17.8 Å². The lowest BCUT2D eigenvalue weighted by Gasteiger charge is -2.08. The molecule has 8 heteroatoms. The van der Waals surface area contributed by atoms with E-state index >= 15 is 0 Å². The van der Waals surface area contributed by atoms with Crippen molar-refractivity contribution in [2.75, 3.05) is 19.0 Å². The molecule has 2 aromatic heterocycles. The number of thiazole rings is 1. The van der Waals surface area contributed by atoms with E-state index in [4.69, 9.17) is 9.47 Å². The summed E-state index contributed by atoms with van der Waals surface area (Å²) in [5.41, 5.74) is 2.84. The Kier molecular flexibility index (Phi) is 4.21.